The molecule has 0 saturated heterocycles. The first-order valence-electron chi connectivity index (χ1n) is 7.62. The van der Waals surface area contributed by atoms with E-state index in [0.717, 1.165) is 24.0 Å². The molecular formula is C16H28N2O2S. The molecule has 0 spiro atoms. The number of benzene rings is 1. The second-order valence-corrected chi connectivity index (χ2v) is 7.30. The summed E-state index contributed by atoms with van der Waals surface area (Å²) in [6, 6.07) is 5.52. The van der Waals surface area contributed by atoms with Gasteiger partial charge in [-0.15, -0.1) is 0 Å². The first-order chi connectivity index (χ1) is 9.85. The van der Waals surface area contributed by atoms with Crippen LogP contribution in [0.5, 0.6) is 0 Å². The molecule has 120 valence electrons. The lowest BCUT2D eigenvalue weighted by Gasteiger charge is -2.23. The average molecular weight is 312 g/mol. The number of aryl methyl sites for hydroxylation is 1. The van der Waals surface area contributed by atoms with Gasteiger partial charge in [-0.1, -0.05) is 38.8 Å². The molecule has 0 heterocycles. The zero-order valence-electron chi connectivity index (χ0n) is 13.7. The van der Waals surface area contributed by atoms with Crippen LogP contribution in [0.4, 0.5) is 0 Å². The molecular weight excluding hydrogens is 284 g/mol. The zero-order chi connectivity index (χ0) is 16.0. The number of sulfonamides is 1. The van der Waals surface area contributed by atoms with Crippen molar-refractivity contribution in [3.8, 4) is 0 Å². The van der Waals surface area contributed by atoms with Crippen LogP contribution in [0.3, 0.4) is 0 Å². The van der Waals surface area contributed by atoms with E-state index in [-0.39, 0.29) is 6.04 Å². The van der Waals surface area contributed by atoms with Crippen molar-refractivity contribution in [2.75, 3.05) is 7.05 Å². The molecule has 0 radical (unpaired) electrons. The Bertz CT molecular complexity index is 551. The minimum atomic E-state index is -3.47. The average Bonchev–Trinajstić information content (AvgIpc) is 2.42. The van der Waals surface area contributed by atoms with Gasteiger partial charge in [0.1, 0.15) is 0 Å². The third-order valence-electron chi connectivity index (χ3n) is 4.02. The van der Waals surface area contributed by atoms with Crippen molar-refractivity contribution < 1.29 is 8.42 Å². The van der Waals surface area contributed by atoms with E-state index in [9.17, 15) is 8.42 Å². The van der Waals surface area contributed by atoms with E-state index in [1.807, 2.05) is 33.0 Å². The highest BCUT2D eigenvalue weighted by Crippen LogP contribution is 2.20. The summed E-state index contributed by atoms with van der Waals surface area (Å²) in [7, 11) is -1.63. The molecule has 4 nitrogen and oxygen atoms in total. The predicted molar refractivity (Wildman–Crippen MR) is 87.8 cm³/mol. The van der Waals surface area contributed by atoms with Crippen LogP contribution in [0.15, 0.2) is 23.1 Å². The van der Waals surface area contributed by atoms with Crippen molar-refractivity contribution in [1.82, 2.24) is 10.0 Å². The maximum atomic E-state index is 12.6. The van der Waals surface area contributed by atoms with Crippen LogP contribution < -0.4 is 10.0 Å². The standard InChI is InChI=1S/C16H28N2O2S/c1-6-15(7-2)13(4)18-21(19,20)16-10-14(11-17-5)9-8-12(16)3/h8-10,13,15,17-18H,6-7,11H2,1-5H3. The molecule has 21 heavy (non-hydrogen) atoms. The van der Waals surface area contributed by atoms with E-state index in [0.29, 0.717) is 17.4 Å². The summed E-state index contributed by atoms with van der Waals surface area (Å²) in [4.78, 5) is 0.382. The van der Waals surface area contributed by atoms with Crippen molar-refractivity contribution >= 4 is 10.0 Å². The third-order valence-corrected chi connectivity index (χ3v) is 5.72. The van der Waals surface area contributed by atoms with Gasteiger partial charge in [0.25, 0.3) is 0 Å². The number of hydrogen-bond donors (Lipinski definition) is 2. The second-order valence-electron chi connectivity index (χ2n) is 5.62. The number of nitrogens with one attached hydrogen (secondary N) is 2. The fourth-order valence-corrected chi connectivity index (χ4v) is 4.26. The van der Waals surface area contributed by atoms with Crippen LogP contribution in [-0.2, 0) is 16.6 Å². The molecule has 0 aliphatic heterocycles. The van der Waals surface area contributed by atoms with Crippen molar-refractivity contribution in [3.05, 3.63) is 29.3 Å². The monoisotopic (exact) mass is 312 g/mol. The molecule has 1 atom stereocenters. The molecule has 0 aliphatic rings. The maximum Gasteiger partial charge on any atom is 0.241 e. The molecule has 1 aromatic rings. The first-order valence-corrected chi connectivity index (χ1v) is 9.10. The maximum absolute atomic E-state index is 12.6. The van der Waals surface area contributed by atoms with Crippen LogP contribution in [0.2, 0.25) is 0 Å². The SMILES string of the molecule is CCC(CC)C(C)NS(=O)(=O)c1cc(CNC)ccc1C. The predicted octanol–water partition coefficient (Wildman–Crippen LogP) is 2.82. The van der Waals surface area contributed by atoms with Crippen LogP contribution >= 0.6 is 0 Å². The highest BCUT2D eigenvalue weighted by atomic mass is 32.2. The van der Waals surface area contributed by atoms with Gasteiger partial charge >= 0.3 is 0 Å². The molecule has 0 amide bonds. The Morgan fingerprint density at radius 3 is 2.33 bits per heavy atom. The second kappa shape index (κ2) is 7.92. The fourth-order valence-electron chi connectivity index (χ4n) is 2.65. The third kappa shape index (κ3) is 4.80. The lowest BCUT2D eigenvalue weighted by Crippen LogP contribution is -2.38. The van der Waals surface area contributed by atoms with Crippen LogP contribution in [0.25, 0.3) is 0 Å². The molecule has 0 saturated carbocycles. The van der Waals surface area contributed by atoms with Crippen LogP contribution in [0, 0.1) is 12.8 Å². The van der Waals surface area contributed by atoms with Crippen LogP contribution in [-0.4, -0.2) is 21.5 Å². The Morgan fingerprint density at radius 1 is 1.19 bits per heavy atom. The summed E-state index contributed by atoms with van der Waals surface area (Å²) >= 11 is 0. The van der Waals surface area contributed by atoms with E-state index in [1.54, 1.807) is 6.07 Å². The molecule has 0 fully saturated rings. The van der Waals surface area contributed by atoms with E-state index in [1.165, 1.54) is 0 Å². The van der Waals surface area contributed by atoms with Crippen molar-refractivity contribution in [1.29, 1.82) is 0 Å². The highest BCUT2D eigenvalue weighted by molar-refractivity contribution is 7.89. The lowest BCUT2D eigenvalue weighted by atomic mass is 9.96. The molecule has 1 aromatic carbocycles. The largest absolute Gasteiger partial charge is 0.316 e. The summed E-state index contributed by atoms with van der Waals surface area (Å²) in [6.07, 6.45) is 1.94. The Hall–Kier alpha value is -0.910. The molecule has 0 aromatic heterocycles. The van der Waals surface area contributed by atoms with Crippen molar-refractivity contribution in [2.24, 2.45) is 5.92 Å². The van der Waals surface area contributed by atoms with Gasteiger partial charge in [0, 0.05) is 12.6 Å². The molecule has 1 rings (SSSR count). The topological polar surface area (TPSA) is 58.2 Å². The van der Waals surface area contributed by atoms with Gasteiger partial charge in [-0.25, -0.2) is 13.1 Å². The van der Waals surface area contributed by atoms with E-state index < -0.39 is 10.0 Å². The van der Waals surface area contributed by atoms with E-state index >= 15 is 0 Å². The Kier molecular flexibility index (Phi) is 6.84. The molecule has 0 bridgehead atoms. The van der Waals surface area contributed by atoms with Gasteiger partial charge in [0.15, 0.2) is 0 Å². The number of rotatable bonds is 8. The highest BCUT2D eigenvalue weighted by Gasteiger charge is 2.23. The minimum Gasteiger partial charge on any atom is -0.316 e. The molecule has 1 unspecified atom stereocenters. The molecule has 0 aliphatic carbocycles. The summed E-state index contributed by atoms with van der Waals surface area (Å²) in [5.41, 5.74) is 1.75. The summed E-state index contributed by atoms with van der Waals surface area (Å²) in [5, 5.41) is 3.04. The van der Waals surface area contributed by atoms with Gasteiger partial charge in [0.05, 0.1) is 4.90 Å². The van der Waals surface area contributed by atoms with Gasteiger partial charge in [-0.2, -0.15) is 0 Å². The number of hydrogen-bond acceptors (Lipinski definition) is 3. The molecule has 2 N–H and O–H groups in total. The van der Waals surface area contributed by atoms with Gasteiger partial charge in [-0.05, 0) is 44.0 Å². The smallest absolute Gasteiger partial charge is 0.241 e. The van der Waals surface area contributed by atoms with Gasteiger partial charge in [-0.3, -0.25) is 0 Å². The summed E-state index contributed by atoms with van der Waals surface area (Å²) in [6.45, 7) is 8.63. The quantitative estimate of drug-likeness (QED) is 0.776. The Morgan fingerprint density at radius 2 is 1.81 bits per heavy atom. The van der Waals surface area contributed by atoms with Gasteiger partial charge in [0.2, 0.25) is 10.0 Å². The lowest BCUT2D eigenvalue weighted by molar-refractivity contribution is 0.390. The molecule has 5 heteroatoms. The fraction of sp³-hybridized carbons (Fsp3) is 0.625. The van der Waals surface area contributed by atoms with Crippen molar-refractivity contribution in [3.63, 3.8) is 0 Å². The van der Waals surface area contributed by atoms with E-state index in [2.05, 4.69) is 23.9 Å². The first kappa shape index (κ1) is 18.1. The van der Waals surface area contributed by atoms with Crippen LogP contribution in [0.1, 0.15) is 44.7 Å². The summed E-state index contributed by atoms with van der Waals surface area (Å²) in [5.74, 6) is 0.362. The minimum absolute atomic E-state index is 0.0580. The Labute approximate surface area is 129 Å². The summed E-state index contributed by atoms with van der Waals surface area (Å²) < 4.78 is 28.1. The van der Waals surface area contributed by atoms with E-state index in [4.69, 9.17) is 0 Å². The van der Waals surface area contributed by atoms with Gasteiger partial charge < -0.3 is 5.32 Å². The Balaban J connectivity index is 3.04. The van der Waals surface area contributed by atoms with Crippen molar-refractivity contribution in [2.45, 2.75) is 58.0 Å². The normalized spacial score (nSPS) is 13.6. The zero-order valence-corrected chi connectivity index (χ0v) is 14.5.